The van der Waals surface area contributed by atoms with Crippen molar-refractivity contribution in [3.63, 3.8) is 0 Å². The summed E-state index contributed by atoms with van der Waals surface area (Å²) >= 11 is 0. The van der Waals surface area contributed by atoms with Crippen molar-refractivity contribution in [2.45, 2.75) is 25.7 Å². The smallest absolute Gasteiger partial charge is 0.225 e. The summed E-state index contributed by atoms with van der Waals surface area (Å²) < 4.78 is 0. The molecule has 1 saturated heterocycles. The van der Waals surface area contributed by atoms with Crippen LogP contribution < -0.4 is 10.6 Å². The SMILES string of the molecule is Nc1cccnc1N1CCN(C(=O)C2CCCC2)CC1. The Hall–Kier alpha value is -1.78. The van der Waals surface area contributed by atoms with Crippen LogP contribution in [0.3, 0.4) is 0 Å². The van der Waals surface area contributed by atoms with E-state index in [9.17, 15) is 4.79 Å². The van der Waals surface area contributed by atoms with Gasteiger partial charge in [0.25, 0.3) is 0 Å². The van der Waals surface area contributed by atoms with Crippen LogP contribution in [0.1, 0.15) is 25.7 Å². The summed E-state index contributed by atoms with van der Waals surface area (Å²) in [7, 11) is 0. The first-order valence-electron chi connectivity index (χ1n) is 7.50. The predicted octanol–water partition coefficient (Wildman–Crippen LogP) is 1.50. The van der Waals surface area contributed by atoms with Gasteiger partial charge in [-0.3, -0.25) is 4.79 Å². The monoisotopic (exact) mass is 274 g/mol. The molecule has 0 unspecified atom stereocenters. The zero-order valence-corrected chi connectivity index (χ0v) is 11.8. The maximum atomic E-state index is 12.4. The lowest BCUT2D eigenvalue weighted by molar-refractivity contribution is -0.135. The van der Waals surface area contributed by atoms with E-state index in [1.807, 2.05) is 17.0 Å². The van der Waals surface area contributed by atoms with E-state index in [1.165, 1.54) is 12.8 Å². The molecular weight excluding hydrogens is 252 g/mol. The summed E-state index contributed by atoms with van der Waals surface area (Å²) in [5.74, 6) is 1.48. The molecule has 0 spiro atoms. The molecule has 20 heavy (non-hydrogen) atoms. The van der Waals surface area contributed by atoms with Crippen LogP contribution in [0.5, 0.6) is 0 Å². The molecule has 1 aromatic rings. The molecule has 5 nitrogen and oxygen atoms in total. The van der Waals surface area contributed by atoms with Crippen LogP contribution in [0.25, 0.3) is 0 Å². The Morgan fingerprint density at radius 1 is 1.20 bits per heavy atom. The number of piperazine rings is 1. The summed E-state index contributed by atoms with van der Waals surface area (Å²) in [6, 6.07) is 3.72. The minimum Gasteiger partial charge on any atom is -0.396 e. The van der Waals surface area contributed by atoms with E-state index >= 15 is 0 Å². The van der Waals surface area contributed by atoms with Crippen LogP contribution in [0.2, 0.25) is 0 Å². The number of nitrogens with two attached hydrogens (primary N) is 1. The molecule has 0 aromatic carbocycles. The van der Waals surface area contributed by atoms with Crippen LogP contribution in [-0.2, 0) is 4.79 Å². The van der Waals surface area contributed by atoms with Gasteiger partial charge in [-0.05, 0) is 25.0 Å². The molecule has 5 heteroatoms. The van der Waals surface area contributed by atoms with Gasteiger partial charge in [-0.25, -0.2) is 4.98 Å². The van der Waals surface area contributed by atoms with Crippen molar-refractivity contribution >= 4 is 17.4 Å². The Morgan fingerprint density at radius 2 is 1.90 bits per heavy atom. The number of aromatic nitrogens is 1. The first kappa shape index (κ1) is 13.2. The van der Waals surface area contributed by atoms with Crippen molar-refractivity contribution in [3.05, 3.63) is 18.3 Å². The van der Waals surface area contributed by atoms with Crippen molar-refractivity contribution in [1.82, 2.24) is 9.88 Å². The molecule has 3 rings (SSSR count). The van der Waals surface area contributed by atoms with E-state index in [-0.39, 0.29) is 5.92 Å². The highest BCUT2D eigenvalue weighted by Gasteiger charge is 2.29. The average molecular weight is 274 g/mol. The molecule has 1 aliphatic heterocycles. The number of nitrogen functional groups attached to an aromatic ring is 1. The van der Waals surface area contributed by atoms with Gasteiger partial charge >= 0.3 is 0 Å². The number of carbonyl (C=O) groups is 1. The van der Waals surface area contributed by atoms with Crippen LogP contribution in [0, 0.1) is 5.92 Å². The molecule has 0 atom stereocenters. The molecule has 0 radical (unpaired) electrons. The van der Waals surface area contributed by atoms with Gasteiger partial charge in [-0.15, -0.1) is 0 Å². The normalized spacial score (nSPS) is 20.4. The molecule has 2 heterocycles. The maximum absolute atomic E-state index is 12.4. The molecule has 2 aliphatic rings. The fourth-order valence-corrected chi connectivity index (χ4v) is 3.24. The third-order valence-electron chi connectivity index (χ3n) is 4.41. The van der Waals surface area contributed by atoms with Crippen molar-refractivity contribution in [2.24, 2.45) is 5.92 Å². The van der Waals surface area contributed by atoms with Gasteiger partial charge in [-0.1, -0.05) is 12.8 Å². The zero-order chi connectivity index (χ0) is 13.9. The molecule has 0 bridgehead atoms. The lowest BCUT2D eigenvalue weighted by Gasteiger charge is -2.36. The standard InChI is InChI=1S/C15H22N4O/c16-13-6-3-7-17-14(13)18-8-10-19(11-9-18)15(20)12-4-1-2-5-12/h3,6-7,12H,1-2,4-5,8-11,16H2. The molecule has 108 valence electrons. The minimum absolute atomic E-state index is 0.279. The van der Waals surface area contributed by atoms with Gasteiger partial charge in [-0.2, -0.15) is 0 Å². The fraction of sp³-hybridized carbons (Fsp3) is 0.600. The maximum Gasteiger partial charge on any atom is 0.225 e. The van der Waals surface area contributed by atoms with Crippen molar-refractivity contribution in [2.75, 3.05) is 36.8 Å². The Kier molecular flexibility index (Phi) is 3.76. The summed E-state index contributed by atoms with van der Waals surface area (Å²) in [6.45, 7) is 3.20. The van der Waals surface area contributed by atoms with Gasteiger partial charge < -0.3 is 15.5 Å². The molecule has 2 fully saturated rings. The third-order valence-corrected chi connectivity index (χ3v) is 4.41. The quantitative estimate of drug-likeness (QED) is 0.888. The van der Waals surface area contributed by atoms with Crippen molar-refractivity contribution < 1.29 is 4.79 Å². The highest BCUT2D eigenvalue weighted by atomic mass is 16.2. The van der Waals surface area contributed by atoms with E-state index < -0.39 is 0 Å². The van der Waals surface area contributed by atoms with E-state index in [2.05, 4.69) is 9.88 Å². The summed E-state index contributed by atoms with van der Waals surface area (Å²) in [6.07, 6.45) is 6.34. The Bertz CT molecular complexity index is 477. The van der Waals surface area contributed by atoms with Crippen LogP contribution >= 0.6 is 0 Å². The van der Waals surface area contributed by atoms with Gasteiger partial charge in [0.1, 0.15) is 0 Å². The second kappa shape index (κ2) is 5.69. The van der Waals surface area contributed by atoms with Crippen LogP contribution in [-0.4, -0.2) is 42.0 Å². The first-order chi connectivity index (χ1) is 9.75. The number of rotatable bonds is 2. The number of pyridine rings is 1. The number of amides is 1. The van der Waals surface area contributed by atoms with Crippen molar-refractivity contribution in [3.8, 4) is 0 Å². The highest BCUT2D eigenvalue weighted by molar-refractivity contribution is 5.79. The molecule has 1 aromatic heterocycles. The summed E-state index contributed by atoms with van der Waals surface area (Å²) in [5, 5.41) is 0. The van der Waals surface area contributed by atoms with Gasteiger partial charge in [0, 0.05) is 38.3 Å². The topological polar surface area (TPSA) is 62.5 Å². The summed E-state index contributed by atoms with van der Waals surface area (Å²) in [4.78, 5) is 20.9. The lowest BCUT2D eigenvalue weighted by atomic mass is 10.1. The highest BCUT2D eigenvalue weighted by Crippen LogP contribution is 2.27. The Balaban J connectivity index is 1.59. The molecule has 1 saturated carbocycles. The number of hydrogen-bond donors (Lipinski definition) is 1. The van der Waals surface area contributed by atoms with Crippen LogP contribution in [0.4, 0.5) is 11.5 Å². The summed E-state index contributed by atoms with van der Waals surface area (Å²) in [5.41, 5.74) is 6.67. The molecule has 1 aliphatic carbocycles. The van der Waals surface area contributed by atoms with E-state index in [0.29, 0.717) is 11.6 Å². The van der Waals surface area contributed by atoms with Gasteiger partial charge in [0.15, 0.2) is 5.82 Å². The van der Waals surface area contributed by atoms with E-state index in [1.54, 1.807) is 6.20 Å². The van der Waals surface area contributed by atoms with Crippen LogP contribution in [0.15, 0.2) is 18.3 Å². The number of nitrogens with zero attached hydrogens (tertiary/aromatic N) is 3. The van der Waals surface area contributed by atoms with Crippen molar-refractivity contribution in [1.29, 1.82) is 0 Å². The molecular formula is C15H22N4O. The largest absolute Gasteiger partial charge is 0.396 e. The van der Waals surface area contributed by atoms with E-state index in [0.717, 1.165) is 44.8 Å². The van der Waals surface area contributed by atoms with Gasteiger partial charge in [0.2, 0.25) is 5.91 Å². The second-order valence-electron chi connectivity index (χ2n) is 5.71. The first-order valence-corrected chi connectivity index (χ1v) is 7.50. The molecule has 2 N–H and O–H groups in total. The Morgan fingerprint density at radius 3 is 2.55 bits per heavy atom. The zero-order valence-electron chi connectivity index (χ0n) is 11.8. The fourth-order valence-electron chi connectivity index (χ4n) is 3.24. The Labute approximate surface area is 119 Å². The minimum atomic E-state index is 0.279. The lowest BCUT2D eigenvalue weighted by Crippen LogP contribution is -2.50. The number of hydrogen-bond acceptors (Lipinski definition) is 4. The molecule has 1 amide bonds. The van der Waals surface area contributed by atoms with Gasteiger partial charge in [0.05, 0.1) is 5.69 Å². The number of carbonyl (C=O) groups excluding carboxylic acids is 1. The van der Waals surface area contributed by atoms with E-state index in [4.69, 9.17) is 5.73 Å². The second-order valence-corrected chi connectivity index (χ2v) is 5.71. The number of anilines is 2. The predicted molar refractivity (Wildman–Crippen MR) is 79.4 cm³/mol. The average Bonchev–Trinajstić information content (AvgIpc) is 3.01. The third kappa shape index (κ3) is 2.57.